The number of hydrogen-bond donors (Lipinski definition) is 1. The van der Waals surface area contributed by atoms with E-state index in [-0.39, 0.29) is 5.97 Å². The van der Waals surface area contributed by atoms with E-state index in [2.05, 4.69) is 11.4 Å². The van der Waals surface area contributed by atoms with Crippen LogP contribution >= 0.6 is 0 Å². The molecular weight excluding hydrogens is 340 g/mol. The van der Waals surface area contributed by atoms with Crippen LogP contribution in [0, 0.1) is 0 Å². The van der Waals surface area contributed by atoms with Crippen LogP contribution in [0.5, 0.6) is 0 Å². The summed E-state index contributed by atoms with van der Waals surface area (Å²) >= 11 is 0. The lowest BCUT2D eigenvalue weighted by Crippen LogP contribution is -2.07. The highest BCUT2D eigenvalue weighted by Gasteiger charge is 2.19. The van der Waals surface area contributed by atoms with Gasteiger partial charge in [-0.25, -0.2) is 4.98 Å². The van der Waals surface area contributed by atoms with E-state index in [1.807, 2.05) is 43.3 Å². The van der Waals surface area contributed by atoms with Gasteiger partial charge in [0.25, 0.3) is 0 Å². The van der Waals surface area contributed by atoms with Crippen molar-refractivity contribution in [1.82, 2.24) is 4.98 Å². The molecule has 27 heavy (non-hydrogen) atoms. The summed E-state index contributed by atoms with van der Waals surface area (Å²) in [6.45, 7) is 2.22. The Hall–Kier alpha value is -3.08. The number of ether oxygens (including phenoxy) is 1. The molecule has 0 fully saturated rings. The number of furan rings is 1. The molecule has 5 heteroatoms. The first-order valence-corrected chi connectivity index (χ1v) is 9.31. The van der Waals surface area contributed by atoms with E-state index in [1.165, 1.54) is 5.56 Å². The molecule has 0 spiro atoms. The predicted octanol–water partition coefficient (Wildman–Crippen LogP) is 4.68. The average Bonchev–Trinajstić information content (AvgIpc) is 3.35. The number of hydrogen-bond acceptors (Lipinski definition) is 5. The van der Waals surface area contributed by atoms with E-state index < -0.39 is 0 Å². The van der Waals surface area contributed by atoms with Crippen molar-refractivity contribution in [3.63, 3.8) is 0 Å². The SMILES string of the molecule is CCOC(=O)Cc1ccc(Nc2cc(-c3ccco3)nc3c2CCC3)cc1. The van der Waals surface area contributed by atoms with Gasteiger partial charge in [0.1, 0.15) is 5.69 Å². The highest BCUT2D eigenvalue weighted by Crippen LogP contribution is 2.33. The zero-order valence-electron chi connectivity index (χ0n) is 15.3. The number of aryl methyl sites for hydroxylation is 1. The third kappa shape index (κ3) is 3.87. The van der Waals surface area contributed by atoms with E-state index in [0.717, 1.165) is 53.3 Å². The topological polar surface area (TPSA) is 64.4 Å². The third-order valence-corrected chi connectivity index (χ3v) is 4.71. The molecule has 0 aliphatic heterocycles. The van der Waals surface area contributed by atoms with Gasteiger partial charge in [0.05, 0.1) is 19.3 Å². The summed E-state index contributed by atoms with van der Waals surface area (Å²) in [7, 11) is 0. The van der Waals surface area contributed by atoms with E-state index in [4.69, 9.17) is 14.1 Å². The number of rotatable bonds is 6. The van der Waals surface area contributed by atoms with Crippen LogP contribution in [0.3, 0.4) is 0 Å². The first-order chi connectivity index (χ1) is 13.2. The molecule has 1 N–H and O–H groups in total. The van der Waals surface area contributed by atoms with Crippen LogP contribution in [0.25, 0.3) is 11.5 Å². The Bertz CT molecular complexity index is 931. The molecule has 1 aliphatic rings. The van der Waals surface area contributed by atoms with Crippen molar-refractivity contribution in [3.8, 4) is 11.5 Å². The fourth-order valence-corrected chi connectivity index (χ4v) is 3.44. The lowest BCUT2D eigenvalue weighted by Gasteiger charge is -2.13. The molecule has 0 saturated carbocycles. The Morgan fingerprint density at radius 2 is 2.07 bits per heavy atom. The summed E-state index contributed by atoms with van der Waals surface area (Å²) < 4.78 is 10.5. The lowest BCUT2D eigenvalue weighted by atomic mass is 10.1. The number of anilines is 2. The summed E-state index contributed by atoms with van der Waals surface area (Å²) in [5.41, 5.74) is 6.26. The maximum Gasteiger partial charge on any atom is 0.310 e. The van der Waals surface area contributed by atoms with Crippen LogP contribution in [-0.4, -0.2) is 17.6 Å². The molecule has 3 aromatic rings. The van der Waals surface area contributed by atoms with Gasteiger partial charge in [0.15, 0.2) is 5.76 Å². The van der Waals surface area contributed by atoms with Crippen LogP contribution in [0.4, 0.5) is 11.4 Å². The van der Waals surface area contributed by atoms with Gasteiger partial charge in [-0.3, -0.25) is 4.79 Å². The quantitative estimate of drug-likeness (QED) is 0.645. The van der Waals surface area contributed by atoms with Crippen LogP contribution in [-0.2, 0) is 28.8 Å². The number of pyridine rings is 1. The molecule has 138 valence electrons. The molecule has 2 heterocycles. The Labute approximate surface area is 158 Å². The summed E-state index contributed by atoms with van der Waals surface area (Å²) in [6, 6.07) is 13.7. The van der Waals surface area contributed by atoms with Crippen LogP contribution in [0.2, 0.25) is 0 Å². The standard InChI is InChI=1S/C22H22N2O3/c1-2-26-22(25)13-15-8-10-16(11-9-15)23-19-14-20(21-7-4-12-27-21)24-18-6-3-5-17(18)19/h4,7-12,14H,2-3,5-6,13H2,1H3,(H,23,24). The minimum Gasteiger partial charge on any atom is -0.466 e. The molecule has 0 atom stereocenters. The fourth-order valence-electron chi connectivity index (χ4n) is 3.44. The van der Waals surface area contributed by atoms with Gasteiger partial charge < -0.3 is 14.5 Å². The summed E-state index contributed by atoms with van der Waals surface area (Å²) in [5, 5.41) is 3.51. The fraction of sp³-hybridized carbons (Fsp3) is 0.273. The lowest BCUT2D eigenvalue weighted by molar-refractivity contribution is -0.142. The number of aromatic nitrogens is 1. The van der Waals surface area contributed by atoms with Gasteiger partial charge in [-0.05, 0) is 67.6 Å². The third-order valence-electron chi connectivity index (χ3n) is 4.71. The van der Waals surface area contributed by atoms with E-state index in [9.17, 15) is 4.79 Å². The molecule has 1 aliphatic carbocycles. The van der Waals surface area contributed by atoms with Gasteiger partial charge in [-0.2, -0.15) is 0 Å². The van der Waals surface area contributed by atoms with Gasteiger partial charge in [-0.15, -0.1) is 0 Å². The number of nitrogens with zero attached hydrogens (tertiary/aromatic N) is 1. The number of esters is 1. The number of fused-ring (bicyclic) bond motifs is 1. The largest absolute Gasteiger partial charge is 0.466 e. The van der Waals surface area contributed by atoms with E-state index in [1.54, 1.807) is 6.26 Å². The number of nitrogens with one attached hydrogen (secondary N) is 1. The van der Waals surface area contributed by atoms with Gasteiger partial charge in [-0.1, -0.05) is 12.1 Å². The molecular formula is C22H22N2O3. The molecule has 0 unspecified atom stereocenters. The van der Waals surface area contributed by atoms with Crippen LogP contribution < -0.4 is 5.32 Å². The second-order valence-corrected chi connectivity index (χ2v) is 6.61. The second kappa shape index (κ2) is 7.66. The van der Waals surface area contributed by atoms with Crippen LogP contribution in [0.15, 0.2) is 53.1 Å². The Morgan fingerprint density at radius 3 is 2.81 bits per heavy atom. The molecule has 5 nitrogen and oxygen atoms in total. The van der Waals surface area contributed by atoms with E-state index >= 15 is 0 Å². The maximum atomic E-state index is 11.6. The van der Waals surface area contributed by atoms with Crippen LogP contribution in [0.1, 0.15) is 30.2 Å². The number of carbonyl (C=O) groups excluding carboxylic acids is 1. The molecule has 0 amide bonds. The molecule has 0 saturated heterocycles. The van der Waals surface area contributed by atoms with Gasteiger partial charge in [0.2, 0.25) is 0 Å². The van der Waals surface area contributed by atoms with Gasteiger partial charge in [0, 0.05) is 17.1 Å². The van der Waals surface area contributed by atoms with E-state index in [0.29, 0.717) is 13.0 Å². The van der Waals surface area contributed by atoms with Crippen molar-refractivity contribution in [2.75, 3.05) is 11.9 Å². The van der Waals surface area contributed by atoms with Crippen molar-refractivity contribution >= 4 is 17.3 Å². The molecule has 2 aromatic heterocycles. The normalized spacial score (nSPS) is 12.6. The first-order valence-electron chi connectivity index (χ1n) is 9.31. The molecule has 0 radical (unpaired) electrons. The predicted molar refractivity (Wildman–Crippen MR) is 104 cm³/mol. The Kier molecular flexibility index (Phi) is 4.92. The van der Waals surface area contributed by atoms with Crippen molar-refractivity contribution in [3.05, 3.63) is 65.5 Å². The molecule has 4 rings (SSSR count). The summed E-state index contributed by atoms with van der Waals surface area (Å²) in [6.07, 6.45) is 5.11. The van der Waals surface area contributed by atoms with Crippen molar-refractivity contribution in [1.29, 1.82) is 0 Å². The summed E-state index contributed by atoms with van der Waals surface area (Å²) in [4.78, 5) is 16.4. The Morgan fingerprint density at radius 1 is 1.22 bits per heavy atom. The Balaban J connectivity index is 1.56. The first kappa shape index (κ1) is 17.3. The number of benzene rings is 1. The average molecular weight is 362 g/mol. The number of carbonyl (C=O) groups is 1. The second-order valence-electron chi connectivity index (χ2n) is 6.61. The maximum absolute atomic E-state index is 11.6. The van der Waals surface area contributed by atoms with Crippen molar-refractivity contribution < 1.29 is 13.9 Å². The molecule has 0 bridgehead atoms. The molecule has 1 aromatic carbocycles. The zero-order valence-corrected chi connectivity index (χ0v) is 15.3. The van der Waals surface area contributed by atoms with Crippen molar-refractivity contribution in [2.24, 2.45) is 0 Å². The monoisotopic (exact) mass is 362 g/mol. The van der Waals surface area contributed by atoms with Gasteiger partial charge >= 0.3 is 5.97 Å². The van der Waals surface area contributed by atoms with Crippen molar-refractivity contribution in [2.45, 2.75) is 32.6 Å². The minimum absolute atomic E-state index is 0.201. The zero-order chi connectivity index (χ0) is 18.6. The highest BCUT2D eigenvalue weighted by molar-refractivity contribution is 5.73. The summed E-state index contributed by atoms with van der Waals surface area (Å²) in [5.74, 6) is 0.575. The minimum atomic E-state index is -0.201. The highest BCUT2D eigenvalue weighted by atomic mass is 16.5. The smallest absolute Gasteiger partial charge is 0.310 e.